The van der Waals surface area contributed by atoms with Gasteiger partial charge in [-0.25, -0.2) is 12.8 Å². The van der Waals surface area contributed by atoms with Crippen LogP contribution in [0.5, 0.6) is 0 Å². The van der Waals surface area contributed by atoms with Gasteiger partial charge in [0.25, 0.3) is 10.0 Å². The number of aryl methyl sites for hydroxylation is 2. The number of halogens is 1. The molecule has 26 heavy (non-hydrogen) atoms. The lowest BCUT2D eigenvalue weighted by Crippen LogP contribution is -2.32. The predicted octanol–water partition coefficient (Wildman–Crippen LogP) is 3.33. The maximum absolute atomic E-state index is 13.4. The molecule has 0 spiro atoms. The lowest BCUT2D eigenvalue weighted by atomic mass is 9.96. The van der Waals surface area contributed by atoms with Crippen molar-refractivity contribution < 1.29 is 17.6 Å². The van der Waals surface area contributed by atoms with Gasteiger partial charge in [-0.15, -0.1) is 0 Å². The molecule has 0 radical (unpaired) electrons. The van der Waals surface area contributed by atoms with Crippen molar-refractivity contribution >= 4 is 27.3 Å². The molecule has 2 aliphatic heterocycles. The number of hydrogen-bond donors (Lipinski definition) is 1. The Balaban J connectivity index is 1.74. The third kappa shape index (κ3) is 2.58. The molecule has 1 N–H and O–H groups in total. The van der Waals surface area contributed by atoms with Crippen molar-refractivity contribution in [1.82, 2.24) is 0 Å². The Hall–Kier alpha value is -2.41. The van der Waals surface area contributed by atoms with Crippen LogP contribution in [-0.4, -0.2) is 20.9 Å². The largest absolute Gasteiger partial charge is 0.311 e. The van der Waals surface area contributed by atoms with E-state index in [9.17, 15) is 17.6 Å². The summed E-state index contributed by atoms with van der Waals surface area (Å²) in [5.74, 6) is -0.659. The summed E-state index contributed by atoms with van der Waals surface area (Å²) in [5, 5.41) is 0. The molecule has 0 fully saturated rings. The van der Waals surface area contributed by atoms with E-state index in [1.165, 1.54) is 19.1 Å². The standard InChI is InChI=1S/C19H19FN2O3S/c1-11-8-15(5-6-17(11)20)26(24,25)21-14-9-13-4-3-7-22-18(13)16(10-14)12(2)19(22)23/h5-6,8-10,12,21H,3-4,7H2,1-2H3. The van der Waals surface area contributed by atoms with Gasteiger partial charge < -0.3 is 4.90 Å². The Morgan fingerprint density at radius 2 is 2.00 bits per heavy atom. The van der Waals surface area contributed by atoms with Crippen molar-refractivity contribution in [1.29, 1.82) is 0 Å². The van der Waals surface area contributed by atoms with E-state index >= 15 is 0 Å². The number of nitrogens with one attached hydrogen (secondary N) is 1. The number of benzene rings is 2. The number of amides is 1. The summed E-state index contributed by atoms with van der Waals surface area (Å²) < 4.78 is 41.4. The van der Waals surface area contributed by atoms with Gasteiger partial charge in [-0.1, -0.05) is 0 Å². The van der Waals surface area contributed by atoms with Crippen LogP contribution in [0.1, 0.15) is 36.0 Å². The van der Waals surface area contributed by atoms with E-state index in [4.69, 9.17) is 0 Å². The first-order valence-corrected chi connectivity index (χ1v) is 10.0. The molecule has 2 aromatic rings. The van der Waals surface area contributed by atoms with Crippen LogP contribution in [0.25, 0.3) is 0 Å². The monoisotopic (exact) mass is 374 g/mol. The van der Waals surface area contributed by atoms with Crippen molar-refractivity contribution in [2.24, 2.45) is 0 Å². The second kappa shape index (κ2) is 5.81. The maximum atomic E-state index is 13.4. The minimum Gasteiger partial charge on any atom is -0.311 e. The van der Waals surface area contributed by atoms with Gasteiger partial charge >= 0.3 is 0 Å². The van der Waals surface area contributed by atoms with Gasteiger partial charge in [-0.05, 0) is 73.7 Å². The summed E-state index contributed by atoms with van der Waals surface area (Å²) in [6, 6.07) is 7.23. The van der Waals surface area contributed by atoms with E-state index in [1.807, 2.05) is 6.92 Å². The van der Waals surface area contributed by atoms with Gasteiger partial charge in [0.2, 0.25) is 5.91 Å². The van der Waals surface area contributed by atoms with E-state index in [0.717, 1.165) is 35.7 Å². The van der Waals surface area contributed by atoms with E-state index in [2.05, 4.69) is 4.72 Å². The van der Waals surface area contributed by atoms with Gasteiger partial charge in [0.1, 0.15) is 5.82 Å². The van der Waals surface area contributed by atoms with E-state index in [1.54, 1.807) is 17.0 Å². The molecule has 2 aliphatic rings. The Bertz CT molecular complexity index is 1030. The van der Waals surface area contributed by atoms with Crippen LogP contribution in [0.15, 0.2) is 35.2 Å². The molecule has 0 saturated carbocycles. The van der Waals surface area contributed by atoms with E-state index in [0.29, 0.717) is 12.2 Å². The summed E-state index contributed by atoms with van der Waals surface area (Å²) in [5.41, 5.74) is 3.49. The van der Waals surface area contributed by atoms with Crippen LogP contribution in [0, 0.1) is 12.7 Å². The van der Waals surface area contributed by atoms with Crippen molar-refractivity contribution in [2.75, 3.05) is 16.2 Å². The third-order valence-corrected chi connectivity index (χ3v) is 6.49. The maximum Gasteiger partial charge on any atom is 0.261 e. The van der Waals surface area contributed by atoms with Crippen molar-refractivity contribution in [3.8, 4) is 0 Å². The fourth-order valence-electron chi connectivity index (χ4n) is 3.75. The molecule has 1 atom stereocenters. The van der Waals surface area contributed by atoms with Crippen molar-refractivity contribution in [3.05, 3.63) is 52.8 Å². The first kappa shape index (κ1) is 17.0. The van der Waals surface area contributed by atoms with Crippen LogP contribution in [0.3, 0.4) is 0 Å². The smallest absolute Gasteiger partial charge is 0.261 e. The first-order valence-electron chi connectivity index (χ1n) is 8.55. The van der Waals surface area contributed by atoms with Gasteiger partial charge in [-0.2, -0.15) is 0 Å². The minimum absolute atomic E-state index is 0.0105. The molecule has 5 nitrogen and oxygen atoms in total. The molecule has 7 heteroatoms. The minimum atomic E-state index is -3.84. The Morgan fingerprint density at radius 3 is 2.73 bits per heavy atom. The fourth-order valence-corrected chi connectivity index (χ4v) is 4.88. The highest BCUT2D eigenvalue weighted by atomic mass is 32.2. The molecular formula is C19H19FN2O3S. The highest BCUT2D eigenvalue weighted by molar-refractivity contribution is 7.92. The number of rotatable bonds is 3. The zero-order chi connectivity index (χ0) is 18.6. The van der Waals surface area contributed by atoms with Crippen molar-refractivity contribution in [2.45, 2.75) is 37.5 Å². The average Bonchev–Trinajstić information content (AvgIpc) is 2.83. The predicted molar refractivity (Wildman–Crippen MR) is 97.5 cm³/mol. The van der Waals surface area contributed by atoms with E-state index in [-0.39, 0.29) is 22.3 Å². The summed E-state index contributed by atoms with van der Waals surface area (Å²) in [6.45, 7) is 4.08. The number of sulfonamides is 1. The lowest BCUT2D eigenvalue weighted by molar-refractivity contribution is -0.119. The zero-order valence-corrected chi connectivity index (χ0v) is 15.4. The number of carbonyl (C=O) groups is 1. The number of nitrogens with zero attached hydrogens (tertiary/aromatic N) is 1. The summed E-state index contributed by atoms with van der Waals surface area (Å²) >= 11 is 0. The van der Waals surface area contributed by atoms with E-state index < -0.39 is 15.8 Å². The van der Waals surface area contributed by atoms with Gasteiger partial charge in [0.15, 0.2) is 0 Å². The van der Waals surface area contributed by atoms with Gasteiger partial charge in [0.05, 0.1) is 16.5 Å². The molecule has 0 bridgehead atoms. The second-order valence-electron chi connectivity index (χ2n) is 6.90. The molecule has 1 amide bonds. The van der Waals surface area contributed by atoms with Crippen LogP contribution >= 0.6 is 0 Å². The fraction of sp³-hybridized carbons (Fsp3) is 0.316. The highest BCUT2D eigenvalue weighted by Crippen LogP contribution is 2.44. The molecule has 0 saturated heterocycles. The molecule has 0 aromatic heterocycles. The van der Waals surface area contributed by atoms with Crippen LogP contribution in [0.4, 0.5) is 15.8 Å². The third-order valence-electron chi connectivity index (χ3n) is 5.11. The lowest BCUT2D eigenvalue weighted by Gasteiger charge is -2.26. The Kier molecular flexibility index (Phi) is 3.80. The molecule has 4 rings (SSSR count). The SMILES string of the molecule is Cc1cc(S(=O)(=O)Nc2cc3c4c(c2)C(C)C(=O)N4CCC3)ccc1F. The normalized spacial score (nSPS) is 18.8. The molecule has 2 aromatic carbocycles. The van der Waals surface area contributed by atoms with Gasteiger partial charge in [0, 0.05) is 12.2 Å². The molecule has 0 aliphatic carbocycles. The summed E-state index contributed by atoms with van der Waals surface area (Å²) in [4.78, 5) is 14.2. The summed E-state index contributed by atoms with van der Waals surface area (Å²) in [6.07, 6.45) is 1.67. The molecule has 2 heterocycles. The second-order valence-corrected chi connectivity index (χ2v) is 8.59. The zero-order valence-electron chi connectivity index (χ0n) is 14.5. The highest BCUT2D eigenvalue weighted by Gasteiger charge is 2.38. The van der Waals surface area contributed by atoms with Gasteiger partial charge in [-0.3, -0.25) is 9.52 Å². The molecular weight excluding hydrogens is 355 g/mol. The molecule has 1 unspecified atom stereocenters. The van der Waals surface area contributed by atoms with Crippen molar-refractivity contribution in [3.63, 3.8) is 0 Å². The average molecular weight is 374 g/mol. The van der Waals surface area contributed by atoms with Crippen LogP contribution in [0.2, 0.25) is 0 Å². The molecule has 136 valence electrons. The number of hydrogen-bond acceptors (Lipinski definition) is 3. The first-order chi connectivity index (χ1) is 12.3. The summed E-state index contributed by atoms with van der Waals surface area (Å²) in [7, 11) is -3.84. The van der Waals surface area contributed by atoms with Crippen LogP contribution < -0.4 is 9.62 Å². The Labute approximate surface area is 151 Å². The quantitative estimate of drug-likeness (QED) is 0.896. The number of carbonyl (C=O) groups excluding carboxylic acids is 1. The number of anilines is 2. The van der Waals surface area contributed by atoms with Crippen LogP contribution in [-0.2, 0) is 21.2 Å². The Morgan fingerprint density at radius 1 is 1.23 bits per heavy atom. The topological polar surface area (TPSA) is 66.5 Å².